The Hall–Kier alpha value is -1.28. The molecule has 88 valence electrons. The molecular formula is C7H12F2N2O4. The number of alkyl halides is 2. The summed E-state index contributed by atoms with van der Waals surface area (Å²) >= 11 is 0. The van der Waals surface area contributed by atoms with Crippen LogP contribution in [0.2, 0.25) is 0 Å². The van der Waals surface area contributed by atoms with Gasteiger partial charge in [-0.25, -0.2) is 8.78 Å². The highest BCUT2D eigenvalue weighted by Gasteiger charge is 2.21. The molecule has 6 nitrogen and oxygen atoms in total. The molecule has 0 bridgehead atoms. The number of halogens is 2. The molecular weight excluding hydrogens is 214 g/mol. The molecule has 0 rings (SSSR count). The molecule has 0 fully saturated rings. The monoisotopic (exact) mass is 226 g/mol. The third kappa shape index (κ3) is 5.92. The number of aliphatic carboxylic acids is 1. The lowest BCUT2D eigenvalue weighted by atomic mass is 10.2. The summed E-state index contributed by atoms with van der Waals surface area (Å²) in [6.45, 7) is -0.663. The van der Waals surface area contributed by atoms with E-state index in [1.807, 2.05) is 5.32 Å². The number of carboxylic acids is 1. The number of nitrogens with two attached hydrogens (primary N) is 1. The van der Waals surface area contributed by atoms with Crippen LogP contribution < -0.4 is 11.1 Å². The van der Waals surface area contributed by atoms with Crippen LogP contribution in [0.5, 0.6) is 0 Å². The van der Waals surface area contributed by atoms with Gasteiger partial charge in [0, 0.05) is 6.54 Å². The lowest BCUT2D eigenvalue weighted by Crippen LogP contribution is -2.45. The van der Waals surface area contributed by atoms with Gasteiger partial charge >= 0.3 is 5.97 Å². The first-order chi connectivity index (χ1) is 6.84. The number of hydrogen-bond acceptors (Lipinski definition) is 4. The molecule has 2 unspecified atom stereocenters. The van der Waals surface area contributed by atoms with Gasteiger partial charge in [0.15, 0.2) is 0 Å². The number of amides is 1. The second-order valence-electron chi connectivity index (χ2n) is 2.85. The highest BCUT2D eigenvalue weighted by Crippen LogP contribution is 1.98. The standard InChI is InChI=1S/C7H12F2N2O4/c8-6(9)4(12)2-11-7(15)3(10)1-5(13)14/h3-4,6,12H,1-2,10H2,(H,11,15)(H,13,14). The van der Waals surface area contributed by atoms with Crippen LogP contribution in [0.3, 0.4) is 0 Å². The van der Waals surface area contributed by atoms with Crippen LogP contribution in [-0.4, -0.2) is 47.2 Å². The SMILES string of the molecule is NC(CC(=O)O)C(=O)NCC(O)C(F)F. The summed E-state index contributed by atoms with van der Waals surface area (Å²) in [6.07, 6.45) is -5.55. The van der Waals surface area contributed by atoms with Gasteiger partial charge in [-0.15, -0.1) is 0 Å². The van der Waals surface area contributed by atoms with E-state index in [0.29, 0.717) is 0 Å². The molecule has 0 aromatic rings. The highest BCUT2D eigenvalue weighted by molar-refractivity contribution is 5.85. The maximum atomic E-state index is 11.8. The van der Waals surface area contributed by atoms with E-state index in [1.54, 1.807) is 0 Å². The summed E-state index contributed by atoms with van der Waals surface area (Å²) in [5.74, 6) is -2.16. The Morgan fingerprint density at radius 2 is 1.93 bits per heavy atom. The van der Waals surface area contributed by atoms with Crippen LogP contribution in [0.15, 0.2) is 0 Å². The topological polar surface area (TPSA) is 113 Å². The van der Waals surface area contributed by atoms with E-state index in [0.717, 1.165) is 0 Å². The average molecular weight is 226 g/mol. The van der Waals surface area contributed by atoms with Gasteiger partial charge in [-0.05, 0) is 0 Å². The van der Waals surface area contributed by atoms with Crippen LogP contribution in [-0.2, 0) is 9.59 Å². The first-order valence-corrected chi connectivity index (χ1v) is 4.06. The maximum Gasteiger partial charge on any atom is 0.305 e. The summed E-state index contributed by atoms with van der Waals surface area (Å²) in [7, 11) is 0. The van der Waals surface area contributed by atoms with Crippen LogP contribution in [0.4, 0.5) is 8.78 Å². The molecule has 0 aromatic heterocycles. The van der Waals surface area contributed by atoms with Crippen molar-refractivity contribution in [2.24, 2.45) is 5.73 Å². The maximum absolute atomic E-state index is 11.8. The summed E-state index contributed by atoms with van der Waals surface area (Å²) in [6, 6.07) is -1.31. The van der Waals surface area contributed by atoms with Gasteiger partial charge in [0.25, 0.3) is 6.43 Å². The Balaban J connectivity index is 3.88. The van der Waals surface area contributed by atoms with Crippen LogP contribution in [0.25, 0.3) is 0 Å². The number of carbonyl (C=O) groups is 2. The zero-order valence-corrected chi connectivity index (χ0v) is 7.69. The minimum Gasteiger partial charge on any atom is -0.481 e. The fourth-order valence-electron chi connectivity index (χ4n) is 0.706. The fraction of sp³-hybridized carbons (Fsp3) is 0.714. The molecule has 0 radical (unpaired) electrons. The van der Waals surface area contributed by atoms with Crippen molar-refractivity contribution in [1.29, 1.82) is 0 Å². The van der Waals surface area contributed by atoms with E-state index >= 15 is 0 Å². The van der Waals surface area contributed by atoms with Crippen molar-refractivity contribution < 1.29 is 28.6 Å². The van der Waals surface area contributed by atoms with Crippen molar-refractivity contribution in [2.75, 3.05) is 6.54 Å². The molecule has 0 aliphatic carbocycles. The fourth-order valence-corrected chi connectivity index (χ4v) is 0.706. The second kappa shape index (κ2) is 6.25. The van der Waals surface area contributed by atoms with Crippen molar-refractivity contribution in [3.8, 4) is 0 Å². The van der Waals surface area contributed by atoms with Gasteiger partial charge in [0.05, 0.1) is 12.5 Å². The summed E-state index contributed by atoms with van der Waals surface area (Å²) in [5.41, 5.74) is 5.12. The molecule has 8 heteroatoms. The lowest BCUT2D eigenvalue weighted by molar-refractivity contribution is -0.139. The Morgan fingerprint density at radius 3 is 2.33 bits per heavy atom. The average Bonchev–Trinajstić information content (AvgIpc) is 2.12. The van der Waals surface area contributed by atoms with Crippen LogP contribution >= 0.6 is 0 Å². The summed E-state index contributed by atoms with van der Waals surface area (Å²) in [4.78, 5) is 21.1. The third-order valence-electron chi connectivity index (χ3n) is 1.51. The number of aliphatic hydroxyl groups excluding tert-OH is 1. The minimum atomic E-state index is -2.97. The lowest BCUT2D eigenvalue weighted by Gasteiger charge is -2.13. The number of aliphatic hydroxyl groups is 1. The van der Waals surface area contributed by atoms with Gasteiger partial charge < -0.3 is 21.3 Å². The van der Waals surface area contributed by atoms with Crippen molar-refractivity contribution >= 4 is 11.9 Å². The zero-order valence-electron chi connectivity index (χ0n) is 7.69. The van der Waals surface area contributed by atoms with Gasteiger partial charge in [-0.2, -0.15) is 0 Å². The number of hydrogen-bond donors (Lipinski definition) is 4. The Labute approximate surface area is 84.1 Å². The normalized spacial score (nSPS) is 14.7. The van der Waals surface area contributed by atoms with E-state index in [1.165, 1.54) is 0 Å². The summed E-state index contributed by atoms with van der Waals surface area (Å²) in [5, 5.41) is 18.8. The molecule has 0 saturated carbocycles. The van der Waals surface area contributed by atoms with Gasteiger partial charge in [0.2, 0.25) is 5.91 Å². The Bertz CT molecular complexity index is 237. The second-order valence-corrected chi connectivity index (χ2v) is 2.85. The predicted molar refractivity (Wildman–Crippen MR) is 45.2 cm³/mol. The molecule has 0 heterocycles. The molecule has 1 amide bonds. The van der Waals surface area contributed by atoms with E-state index in [4.69, 9.17) is 15.9 Å². The number of carboxylic acid groups (broad SMARTS) is 1. The molecule has 15 heavy (non-hydrogen) atoms. The van der Waals surface area contributed by atoms with E-state index < -0.39 is 43.4 Å². The van der Waals surface area contributed by atoms with Gasteiger partial charge in [-0.3, -0.25) is 9.59 Å². The zero-order chi connectivity index (χ0) is 12.0. The molecule has 0 aromatic carbocycles. The summed E-state index contributed by atoms with van der Waals surface area (Å²) < 4.78 is 23.5. The quantitative estimate of drug-likeness (QED) is 0.441. The number of rotatable bonds is 6. The van der Waals surface area contributed by atoms with Crippen molar-refractivity contribution in [1.82, 2.24) is 5.32 Å². The molecule has 0 aliphatic rings. The molecule has 2 atom stereocenters. The van der Waals surface area contributed by atoms with E-state index in [2.05, 4.69) is 0 Å². The van der Waals surface area contributed by atoms with Crippen molar-refractivity contribution in [3.63, 3.8) is 0 Å². The van der Waals surface area contributed by atoms with Crippen LogP contribution in [0, 0.1) is 0 Å². The van der Waals surface area contributed by atoms with E-state index in [9.17, 15) is 18.4 Å². The Morgan fingerprint density at radius 1 is 1.40 bits per heavy atom. The number of nitrogens with one attached hydrogen (secondary N) is 1. The van der Waals surface area contributed by atoms with Crippen LogP contribution in [0.1, 0.15) is 6.42 Å². The smallest absolute Gasteiger partial charge is 0.305 e. The number of carbonyl (C=O) groups excluding carboxylic acids is 1. The Kier molecular flexibility index (Phi) is 5.72. The van der Waals surface area contributed by atoms with Crippen molar-refractivity contribution in [2.45, 2.75) is 25.0 Å². The molecule has 0 spiro atoms. The third-order valence-corrected chi connectivity index (χ3v) is 1.51. The molecule has 0 saturated heterocycles. The predicted octanol–water partition coefficient (Wildman–Crippen LogP) is -1.47. The van der Waals surface area contributed by atoms with Gasteiger partial charge in [-0.1, -0.05) is 0 Å². The van der Waals surface area contributed by atoms with Crippen molar-refractivity contribution in [3.05, 3.63) is 0 Å². The molecule has 5 N–H and O–H groups in total. The van der Waals surface area contributed by atoms with Gasteiger partial charge in [0.1, 0.15) is 6.10 Å². The first-order valence-electron chi connectivity index (χ1n) is 4.06. The minimum absolute atomic E-state index is 0.601. The highest BCUT2D eigenvalue weighted by atomic mass is 19.3. The molecule has 0 aliphatic heterocycles. The van der Waals surface area contributed by atoms with E-state index in [-0.39, 0.29) is 0 Å². The first kappa shape index (κ1) is 13.7. The largest absolute Gasteiger partial charge is 0.481 e.